The number of H-pyrrole nitrogens is 1. The van der Waals surface area contributed by atoms with E-state index in [1.165, 1.54) is 0 Å². The molecule has 6 heteroatoms. The van der Waals surface area contributed by atoms with E-state index in [0.29, 0.717) is 10.3 Å². The Morgan fingerprint density at radius 3 is 2.39 bits per heavy atom. The van der Waals surface area contributed by atoms with Gasteiger partial charge in [0.25, 0.3) is 5.91 Å². The number of nitrogens with zero attached hydrogens (tertiary/aromatic N) is 2. The predicted octanol–water partition coefficient (Wildman–Crippen LogP) is 4.45. The van der Waals surface area contributed by atoms with Gasteiger partial charge >= 0.3 is 0 Å². The second-order valence-electron chi connectivity index (χ2n) is 6.25. The zero-order valence-electron chi connectivity index (χ0n) is 14.9. The highest BCUT2D eigenvalue weighted by atomic mass is 32.1. The number of pyridine rings is 1. The molecular weight excluding hydrogens is 368 g/mol. The molecule has 2 aromatic carbocycles. The SMILES string of the molecule is O=C(N[C@@H](c1ccccc1)c1ccccn1)c1ccc(-n2cc[nH]c2=S)cc1. The van der Waals surface area contributed by atoms with Crippen LogP contribution in [0.15, 0.2) is 91.4 Å². The molecule has 2 N–H and O–H groups in total. The molecule has 1 atom stereocenters. The Balaban J connectivity index is 1.60. The van der Waals surface area contributed by atoms with Crippen LogP contribution in [0, 0.1) is 4.77 Å². The highest BCUT2D eigenvalue weighted by Crippen LogP contribution is 2.21. The molecule has 0 unspecified atom stereocenters. The molecule has 138 valence electrons. The number of imidazole rings is 1. The fourth-order valence-corrected chi connectivity index (χ4v) is 3.27. The van der Waals surface area contributed by atoms with Gasteiger partial charge in [0.15, 0.2) is 4.77 Å². The van der Waals surface area contributed by atoms with Crippen LogP contribution in [0.2, 0.25) is 0 Å². The van der Waals surface area contributed by atoms with Gasteiger partial charge in [0.05, 0.1) is 11.7 Å². The summed E-state index contributed by atoms with van der Waals surface area (Å²) in [4.78, 5) is 20.3. The summed E-state index contributed by atoms with van der Waals surface area (Å²) in [6, 6.07) is 22.5. The standard InChI is InChI=1S/C22H18N4OS/c27-21(17-9-11-18(12-10-17)26-15-14-24-22(26)28)25-20(16-6-2-1-3-7-16)19-8-4-5-13-23-19/h1-15,20H,(H,24,28)(H,25,27)/t20-/m0/s1. The molecule has 0 saturated heterocycles. The highest BCUT2D eigenvalue weighted by molar-refractivity contribution is 7.71. The van der Waals surface area contributed by atoms with E-state index in [0.717, 1.165) is 16.9 Å². The largest absolute Gasteiger partial charge is 0.340 e. The van der Waals surface area contributed by atoms with Crippen LogP contribution < -0.4 is 5.32 Å². The van der Waals surface area contributed by atoms with Crippen LogP contribution in [0.1, 0.15) is 27.7 Å². The smallest absolute Gasteiger partial charge is 0.252 e. The average Bonchev–Trinajstić information content (AvgIpc) is 3.19. The molecule has 5 nitrogen and oxygen atoms in total. The van der Waals surface area contributed by atoms with Gasteiger partial charge in [-0.1, -0.05) is 36.4 Å². The minimum atomic E-state index is -0.326. The number of carbonyl (C=O) groups excluding carboxylic acids is 1. The Labute approximate surface area is 167 Å². The molecule has 4 aromatic rings. The predicted molar refractivity (Wildman–Crippen MR) is 111 cm³/mol. The van der Waals surface area contributed by atoms with Gasteiger partial charge in [-0.3, -0.25) is 14.3 Å². The van der Waals surface area contributed by atoms with E-state index >= 15 is 0 Å². The number of rotatable bonds is 5. The van der Waals surface area contributed by atoms with Crippen molar-refractivity contribution in [3.8, 4) is 5.69 Å². The summed E-state index contributed by atoms with van der Waals surface area (Å²) in [5.41, 5.74) is 3.23. The van der Waals surface area contributed by atoms with Crippen molar-refractivity contribution >= 4 is 18.1 Å². The molecule has 1 amide bonds. The number of aromatic amines is 1. The van der Waals surface area contributed by atoms with Gasteiger partial charge in [-0.05, 0) is 54.2 Å². The van der Waals surface area contributed by atoms with Crippen molar-refractivity contribution in [1.82, 2.24) is 19.9 Å². The number of amides is 1. The number of carbonyl (C=O) groups is 1. The summed E-state index contributed by atoms with van der Waals surface area (Å²) in [5, 5.41) is 3.10. The van der Waals surface area contributed by atoms with Gasteiger partial charge in [0, 0.05) is 29.8 Å². The Kier molecular flexibility index (Phi) is 5.12. The highest BCUT2D eigenvalue weighted by Gasteiger charge is 2.18. The van der Waals surface area contributed by atoms with Crippen LogP contribution in [0.5, 0.6) is 0 Å². The van der Waals surface area contributed by atoms with Crippen molar-refractivity contribution in [2.45, 2.75) is 6.04 Å². The van der Waals surface area contributed by atoms with E-state index in [1.807, 2.05) is 71.4 Å². The van der Waals surface area contributed by atoms with Crippen LogP contribution in [0.3, 0.4) is 0 Å². The molecule has 2 aromatic heterocycles. The third kappa shape index (κ3) is 3.77. The zero-order valence-corrected chi connectivity index (χ0v) is 15.8. The molecule has 28 heavy (non-hydrogen) atoms. The Hall–Kier alpha value is -3.51. The van der Waals surface area contributed by atoms with Crippen LogP contribution in [-0.2, 0) is 0 Å². The Bertz CT molecular complexity index is 1080. The monoisotopic (exact) mass is 386 g/mol. The normalized spacial score (nSPS) is 11.7. The van der Waals surface area contributed by atoms with Gasteiger partial charge in [-0.15, -0.1) is 0 Å². The van der Waals surface area contributed by atoms with Crippen LogP contribution in [-0.4, -0.2) is 20.4 Å². The summed E-state index contributed by atoms with van der Waals surface area (Å²) < 4.78 is 2.45. The molecule has 0 spiro atoms. The van der Waals surface area contributed by atoms with Crippen molar-refractivity contribution in [1.29, 1.82) is 0 Å². The number of nitrogens with one attached hydrogen (secondary N) is 2. The maximum Gasteiger partial charge on any atom is 0.252 e. The molecule has 0 bridgehead atoms. The summed E-state index contributed by atoms with van der Waals surface area (Å²) in [7, 11) is 0. The van der Waals surface area contributed by atoms with E-state index < -0.39 is 0 Å². The first-order valence-electron chi connectivity index (χ1n) is 8.85. The second-order valence-corrected chi connectivity index (χ2v) is 6.64. The number of hydrogen-bond acceptors (Lipinski definition) is 3. The summed E-state index contributed by atoms with van der Waals surface area (Å²) >= 11 is 5.24. The van der Waals surface area contributed by atoms with Crippen molar-refractivity contribution in [2.24, 2.45) is 0 Å². The fourth-order valence-electron chi connectivity index (χ4n) is 3.03. The van der Waals surface area contributed by atoms with Crippen molar-refractivity contribution in [3.05, 3.63) is 113 Å². The summed E-state index contributed by atoms with van der Waals surface area (Å²) in [6.45, 7) is 0. The summed E-state index contributed by atoms with van der Waals surface area (Å²) in [6.07, 6.45) is 5.36. The van der Waals surface area contributed by atoms with Gasteiger partial charge in [0.1, 0.15) is 0 Å². The lowest BCUT2D eigenvalue weighted by molar-refractivity contribution is 0.0942. The van der Waals surface area contributed by atoms with Crippen LogP contribution in [0.25, 0.3) is 5.69 Å². The number of hydrogen-bond donors (Lipinski definition) is 2. The van der Waals surface area contributed by atoms with E-state index in [1.54, 1.807) is 24.5 Å². The van der Waals surface area contributed by atoms with E-state index in [4.69, 9.17) is 12.2 Å². The van der Waals surface area contributed by atoms with E-state index in [2.05, 4.69) is 15.3 Å². The molecule has 0 aliphatic carbocycles. The van der Waals surface area contributed by atoms with Gasteiger partial charge < -0.3 is 10.3 Å². The topological polar surface area (TPSA) is 62.7 Å². The molecular formula is C22H18N4OS. The van der Waals surface area contributed by atoms with Gasteiger partial charge in [-0.25, -0.2) is 0 Å². The molecule has 0 aliphatic rings. The Morgan fingerprint density at radius 1 is 1.00 bits per heavy atom. The Morgan fingerprint density at radius 2 is 1.75 bits per heavy atom. The first kappa shape index (κ1) is 17.9. The van der Waals surface area contributed by atoms with E-state index in [-0.39, 0.29) is 11.9 Å². The quantitative estimate of drug-likeness (QED) is 0.498. The molecule has 0 saturated carbocycles. The van der Waals surface area contributed by atoms with Crippen LogP contribution in [0.4, 0.5) is 0 Å². The minimum absolute atomic E-state index is 0.163. The molecule has 2 heterocycles. The lowest BCUT2D eigenvalue weighted by atomic mass is 10.0. The lowest BCUT2D eigenvalue weighted by Gasteiger charge is -2.19. The lowest BCUT2D eigenvalue weighted by Crippen LogP contribution is -2.29. The first-order chi connectivity index (χ1) is 13.7. The maximum absolute atomic E-state index is 12.9. The molecule has 0 aliphatic heterocycles. The second kappa shape index (κ2) is 8.02. The van der Waals surface area contributed by atoms with Gasteiger partial charge in [-0.2, -0.15) is 0 Å². The van der Waals surface area contributed by atoms with Crippen molar-refractivity contribution in [2.75, 3.05) is 0 Å². The third-order valence-electron chi connectivity index (χ3n) is 4.45. The molecule has 0 radical (unpaired) electrons. The zero-order chi connectivity index (χ0) is 19.3. The van der Waals surface area contributed by atoms with Crippen LogP contribution >= 0.6 is 12.2 Å². The minimum Gasteiger partial charge on any atom is -0.340 e. The average molecular weight is 386 g/mol. The number of benzene rings is 2. The third-order valence-corrected chi connectivity index (χ3v) is 4.76. The summed E-state index contributed by atoms with van der Waals surface area (Å²) in [5.74, 6) is -0.163. The van der Waals surface area contributed by atoms with Gasteiger partial charge in [0.2, 0.25) is 0 Å². The first-order valence-corrected chi connectivity index (χ1v) is 9.26. The van der Waals surface area contributed by atoms with Crippen molar-refractivity contribution in [3.63, 3.8) is 0 Å². The van der Waals surface area contributed by atoms with Crippen molar-refractivity contribution < 1.29 is 4.79 Å². The fraction of sp³-hybridized carbons (Fsp3) is 0.0455. The van der Waals surface area contributed by atoms with E-state index in [9.17, 15) is 4.79 Å². The number of aromatic nitrogens is 3. The molecule has 4 rings (SSSR count). The maximum atomic E-state index is 12.9. The molecule has 0 fully saturated rings.